The van der Waals surface area contributed by atoms with Crippen molar-refractivity contribution in [1.82, 2.24) is 15.8 Å². The second-order valence-corrected chi connectivity index (χ2v) is 6.48. The zero-order valence-corrected chi connectivity index (χ0v) is 19.7. The maximum atomic E-state index is 8.89. The number of aliphatic hydroxyl groups is 1. The molecule has 0 unspecified atom stereocenters. The van der Waals surface area contributed by atoms with Crippen LogP contribution in [0.5, 0.6) is 11.5 Å². The van der Waals surface area contributed by atoms with Gasteiger partial charge in [-0.3, -0.25) is 0 Å². The molecule has 0 saturated carbocycles. The largest absolute Gasteiger partial charge is 0.493 e. The summed E-state index contributed by atoms with van der Waals surface area (Å²) < 4.78 is 16.2. The lowest BCUT2D eigenvalue weighted by molar-refractivity contribution is 0.196. The second kappa shape index (κ2) is 13.3. The summed E-state index contributed by atoms with van der Waals surface area (Å²) in [4.78, 5) is 4.60. The molecular weight excluding hydrogens is 487 g/mol. The summed E-state index contributed by atoms with van der Waals surface area (Å²) in [5, 5.41) is 19.4. The Morgan fingerprint density at radius 2 is 2.03 bits per heavy atom. The van der Waals surface area contributed by atoms with Crippen molar-refractivity contribution in [2.45, 2.75) is 39.8 Å². The monoisotopic (exact) mass is 518 g/mol. The van der Waals surface area contributed by atoms with E-state index >= 15 is 0 Å². The Kier molecular flexibility index (Phi) is 11.4. The van der Waals surface area contributed by atoms with Gasteiger partial charge in [-0.05, 0) is 30.5 Å². The number of halogens is 1. The third kappa shape index (κ3) is 8.09. The molecule has 0 aliphatic rings. The Hall–Kier alpha value is -2.01. The average molecular weight is 518 g/mol. The second-order valence-electron chi connectivity index (χ2n) is 6.48. The van der Waals surface area contributed by atoms with Crippen LogP contribution in [0.1, 0.15) is 43.7 Å². The Morgan fingerprint density at radius 3 is 2.66 bits per heavy atom. The number of hydrogen-bond donors (Lipinski definition) is 3. The van der Waals surface area contributed by atoms with Crippen molar-refractivity contribution in [3.63, 3.8) is 0 Å². The Balaban J connectivity index is 0.00000420. The molecule has 0 aliphatic heterocycles. The van der Waals surface area contributed by atoms with E-state index in [9.17, 15) is 0 Å². The van der Waals surface area contributed by atoms with E-state index in [2.05, 4.69) is 34.6 Å². The predicted octanol–water partition coefficient (Wildman–Crippen LogP) is 3.05. The molecule has 0 spiro atoms. The Labute approximate surface area is 189 Å². The first-order chi connectivity index (χ1) is 13.6. The number of aliphatic hydroxyl groups excluding tert-OH is 1. The molecule has 8 nitrogen and oxygen atoms in total. The minimum absolute atomic E-state index is 0. The number of nitrogens with one attached hydrogen (secondary N) is 2. The van der Waals surface area contributed by atoms with Crippen LogP contribution in [0.2, 0.25) is 0 Å². The number of rotatable bonds is 10. The maximum Gasteiger partial charge on any atom is 0.191 e. The Morgan fingerprint density at radius 1 is 1.24 bits per heavy atom. The van der Waals surface area contributed by atoms with Crippen LogP contribution in [0, 0.1) is 0 Å². The van der Waals surface area contributed by atoms with Gasteiger partial charge in [0.15, 0.2) is 23.2 Å². The van der Waals surface area contributed by atoms with Crippen molar-refractivity contribution in [3.8, 4) is 11.5 Å². The molecule has 0 aliphatic carbocycles. The van der Waals surface area contributed by atoms with Gasteiger partial charge in [-0.2, -0.15) is 0 Å². The van der Waals surface area contributed by atoms with Crippen molar-refractivity contribution in [1.29, 1.82) is 0 Å². The molecule has 3 N–H and O–H groups in total. The molecule has 0 saturated heterocycles. The average Bonchev–Trinajstić information content (AvgIpc) is 3.18. The van der Waals surface area contributed by atoms with Crippen LogP contribution >= 0.6 is 24.0 Å². The lowest BCUT2D eigenvalue weighted by Crippen LogP contribution is -2.36. The van der Waals surface area contributed by atoms with Gasteiger partial charge in [-0.25, -0.2) is 4.99 Å². The Bertz CT molecular complexity index is 765. The van der Waals surface area contributed by atoms with Gasteiger partial charge in [-0.15, -0.1) is 24.0 Å². The van der Waals surface area contributed by atoms with Crippen molar-refractivity contribution in [2.24, 2.45) is 4.99 Å². The first-order valence-electron chi connectivity index (χ1n) is 9.45. The third-order valence-corrected chi connectivity index (χ3v) is 3.94. The van der Waals surface area contributed by atoms with Gasteiger partial charge < -0.3 is 29.7 Å². The van der Waals surface area contributed by atoms with Crippen molar-refractivity contribution in [2.75, 3.05) is 26.9 Å². The van der Waals surface area contributed by atoms with E-state index in [4.69, 9.17) is 19.1 Å². The van der Waals surface area contributed by atoms with Gasteiger partial charge in [-0.1, -0.05) is 25.1 Å². The maximum absolute atomic E-state index is 8.89. The summed E-state index contributed by atoms with van der Waals surface area (Å²) in [6.07, 6.45) is 0. The van der Waals surface area contributed by atoms with Crippen LogP contribution < -0.4 is 20.1 Å². The number of aliphatic imine (C=N–C) groups is 1. The standard InChI is InChI=1S/C20H30N4O4.HI/c1-5-21-20(23-13-16-11-17(14(2)3)24-28-16)22-12-15-6-7-18(27-9-8-25)19(10-15)26-4;/h6-7,10-11,14,25H,5,8-9,12-13H2,1-4H3,(H2,21,22,23);1H. The highest BCUT2D eigenvalue weighted by Crippen LogP contribution is 2.28. The zero-order chi connectivity index (χ0) is 20.4. The predicted molar refractivity (Wildman–Crippen MR) is 123 cm³/mol. The lowest BCUT2D eigenvalue weighted by atomic mass is 10.1. The summed E-state index contributed by atoms with van der Waals surface area (Å²) in [6, 6.07) is 7.58. The lowest BCUT2D eigenvalue weighted by Gasteiger charge is -2.12. The first kappa shape index (κ1) is 25.0. The smallest absolute Gasteiger partial charge is 0.191 e. The van der Waals surface area contributed by atoms with Crippen molar-refractivity contribution < 1.29 is 19.1 Å². The van der Waals surface area contributed by atoms with E-state index < -0.39 is 0 Å². The number of benzene rings is 1. The van der Waals surface area contributed by atoms with Gasteiger partial charge in [0.2, 0.25) is 0 Å². The van der Waals surface area contributed by atoms with E-state index in [1.807, 2.05) is 31.2 Å². The number of guanidine groups is 1. The molecule has 0 bridgehead atoms. The molecule has 29 heavy (non-hydrogen) atoms. The number of ether oxygens (including phenoxy) is 2. The number of nitrogens with zero attached hydrogens (tertiary/aromatic N) is 2. The molecule has 0 radical (unpaired) electrons. The number of hydrogen-bond acceptors (Lipinski definition) is 6. The zero-order valence-electron chi connectivity index (χ0n) is 17.4. The van der Waals surface area contributed by atoms with Crippen LogP contribution in [0.3, 0.4) is 0 Å². The topological polar surface area (TPSA) is 101 Å². The molecule has 0 atom stereocenters. The van der Waals surface area contributed by atoms with Gasteiger partial charge >= 0.3 is 0 Å². The molecule has 1 aromatic carbocycles. The fourth-order valence-electron chi connectivity index (χ4n) is 2.45. The van der Waals surface area contributed by atoms with Crippen molar-refractivity contribution in [3.05, 3.63) is 41.3 Å². The first-order valence-corrected chi connectivity index (χ1v) is 9.45. The van der Waals surface area contributed by atoms with Gasteiger partial charge in [0.1, 0.15) is 6.61 Å². The number of methoxy groups -OCH3 is 1. The molecule has 162 valence electrons. The SMILES string of the molecule is CCNC(=NCc1ccc(OCCO)c(OC)c1)NCc1cc(C(C)C)no1.I. The normalized spacial score (nSPS) is 11.2. The van der Waals surface area contributed by atoms with Crippen LogP contribution in [0.15, 0.2) is 33.8 Å². The van der Waals surface area contributed by atoms with Crippen molar-refractivity contribution >= 4 is 29.9 Å². The minimum atomic E-state index is -0.0449. The fraction of sp³-hybridized carbons (Fsp3) is 0.500. The van der Waals surface area contributed by atoms with E-state index in [1.54, 1.807) is 7.11 Å². The summed E-state index contributed by atoms with van der Waals surface area (Å²) in [6.45, 7) is 8.07. The van der Waals surface area contributed by atoms with Crippen LogP contribution in [-0.2, 0) is 13.1 Å². The molecular formula is C20H31IN4O4. The highest BCUT2D eigenvalue weighted by molar-refractivity contribution is 14.0. The molecule has 0 amide bonds. The number of aromatic nitrogens is 1. The molecule has 2 rings (SSSR count). The van der Waals surface area contributed by atoms with Crippen LogP contribution in [-0.4, -0.2) is 43.1 Å². The summed E-state index contributed by atoms with van der Waals surface area (Å²) >= 11 is 0. The van der Waals surface area contributed by atoms with Crippen LogP contribution in [0.4, 0.5) is 0 Å². The molecule has 1 aromatic heterocycles. The van der Waals surface area contributed by atoms with Gasteiger partial charge in [0.25, 0.3) is 0 Å². The quantitative estimate of drug-likeness (QED) is 0.253. The summed E-state index contributed by atoms with van der Waals surface area (Å²) in [5.74, 6) is 2.99. The van der Waals surface area contributed by atoms with Gasteiger partial charge in [0.05, 0.1) is 32.5 Å². The fourth-order valence-corrected chi connectivity index (χ4v) is 2.45. The molecule has 9 heteroatoms. The molecule has 1 heterocycles. The highest BCUT2D eigenvalue weighted by atomic mass is 127. The van der Waals surface area contributed by atoms with Gasteiger partial charge in [0, 0.05) is 12.6 Å². The molecule has 2 aromatic rings. The summed E-state index contributed by atoms with van der Waals surface area (Å²) in [7, 11) is 1.59. The highest BCUT2D eigenvalue weighted by Gasteiger charge is 2.09. The van der Waals surface area contributed by atoms with E-state index in [0.717, 1.165) is 23.6 Å². The molecule has 0 fully saturated rings. The summed E-state index contributed by atoms with van der Waals surface area (Å²) in [5.41, 5.74) is 1.92. The third-order valence-electron chi connectivity index (χ3n) is 3.94. The van der Waals surface area contributed by atoms with E-state index in [0.29, 0.717) is 36.5 Å². The van der Waals surface area contributed by atoms with Crippen LogP contribution in [0.25, 0.3) is 0 Å². The van der Waals surface area contributed by atoms with E-state index in [1.165, 1.54) is 0 Å². The minimum Gasteiger partial charge on any atom is -0.493 e. The van der Waals surface area contributed by atoms with E-state index in [-0.39, 0.29) is 37.2 Å².